The highest BCUT2D eigenvalue weighted by molar-refractivity contribution is 8.13. The van der Waals surface area contributed by atoms with Crippen LogP contribution in [0.1, 0.15) is 11.1 Å². The maximum Gasteiger partial charge on any atom is 0.306 e. The second-order valence-corrected chi connectivity index (χ2v) is 5.50. The molecule has 0 bridgehead atoms. The van der Waals surface area contributed by atoms with Crippen molar-refractivity contribution in [2.75, 3.05) is 0 Å². The summed E-state index contributed by atoms with van der Waals surface area (Å²) in [5, 5.41) is 19.4. The summed E-state index contributed by atoms with van der Waals surface area (Å²) in [4.78, 5) is 9.10. The minimum atomic E-state index is -4.25. The van der Waals surface area contributed by atoms with Crippen LogP contribution in [0.3, 0.4) is 0 Å². The van der Waals surface area contributed by atoms with Gasteiger partial charge in [-0.25, -0.2) is 8.42 Å². The number of hydrogen-bond donors (Lipinski definition) is 0. The van der Waals surface area contributed by atoms with Gasteiger partial charge in [0.05, 0.1) is 4.92 Å². The van der Waals surface area contributed by atoms with Crippen LogP contribution in [0.15, 0.2) is 17.0 Å². The first-order chi connectivity index (χ1) is 7.27. The molecule has 0 atom stereocenters. The van der Waals surface area contributed by atoms with Crippen molar-refractivity contribution >= 4 is 25.4 Å². The second kappa shape index (κ2) is 4.08. The number of rotatable bonds is 2. The van der Waals surface area contributed by atoms with Gasteiger partial charge in [-0.1, -0.05) is 0 Å². The first-order valence-corrected chi connectivity index (χ1v) is 6.22. The highest BCUT2D eigenvalue weighted by atomic mass is 35.7. The van der Waals surface area contributed by atoms with Crippen molar-refractivity contribution in [2.24, 2.45) is 0 Å². The van der Waals surface area contributed by atoms with Crippen LogP contribution in [0.5, 0.6) is 0 Å². The van der Waals surface area contributed by atoms with Gasteiger partial charge >= 0.3 is 5.69 Å². The first kappa shape index (κ1) is 12.4. The monoisotopic (exact) mass is 260 g/mol. The van der Waals surface area contributed by atoms with Crippen LogP contribution in [0, 0.1) is 28.4 Å². The lowest BCUT2D eigenvalue weighted by Crippen LogP contribution is -2.02. The number of nitro benzene ring substituents is 1. The molecule has 8 heteroatoms. The highest BCUT2D eigenvalue weighted by Gasteiger charge is 2.28. The number of nitriles is 1. The van der Waals surface area contributed by atoms with E-state index >= 15 is 0 Å². The summed E-state index contributed by atoms with van der Waals surface area (Å²) in [6.45, 7) is 1.51. The number of halogens is 1. The van der Waals surface area contributed by atoms with Crippen LogP contribution in [0.2, 0.25) is 0 Å². The van der Waals surface area contributed by atoms with Crippen molar-refractivity contribution in [3.05, 3.63) is 33.4 Å². The second-order valence-electron chi connectivity index (χ2n) is 2.97. The van der Waals surface area contributed by atoms with E-state index < -0.39 is 24.6 Å². The van der Waals surface area contributed by atoms with E-state index in [-0.39, 0.29) is 5.56 Å². The predicted molar refractivity (Wildman–Crippen MR) is 55.6 cm³/mol. The molecule has 0 spiro atoms. The molecule has 6 nitrogen and oxygen atoms in total. The molecule has 0 saturated carbocycles. The Morgan fingerprint density at radius 2 is 2.06 bits per heavy atom. The van der Waals surface area contributed by atoms with Crippen LogP contribution in [-0.2, 0) is 9.05 Å². The lowest BCUT2D eigenvalue weighted by molar-refractivity contribution is -0.388. The fraction of sp³-hybridized carbons (Fsp3) is 0.125. The number of hydrogen-bond acceptors (Lipinski definition) is 5. The Bertz CT molecular complexity index is 603. The zero-order valence-electron chi connectivity index (χ0n) is 7.97. The van der Waals surface area contributed by atoms with E-state index in [4.69, 9.17) is 15.9 Å². The van der Waals surface area contributed by atoms with Gasteiger partial charge in [0.15, 0.2) is 4.90 Å². The highest BCUT2D eigenvalue weighted by Crippen LogP contribution is 2.31. The minimum Gasteiger partial charge on any atom is -0.258 e. The number of nitro groups is 1. The van der Waals surface area contributed by atoms with Crippen molar-refractivity contribution in [2.45, 2.75) is 11.8 Å². The molecule has 0 saturated heterocycles. The molecule has 0 aliphatic rings. The Morgan fingerprint density at radius 3 is 2.44 bits per heavy atom. The zero-order chi connectivity index (χ0) is 12.5. The van der Waals surface area contributed by atoms with Crippen molar-refractivity contribution < 1.29 is 13.3 Å². The molecule has 0 aromatic heterocycles. The Balaban J connectivity index is 3.80. The zero-order valence-corrected chi connectivity index (χ0v) is 9.54. The summed E-state index contributed by atoms with van der Waals surface area (Å²) in [7, 11) is 0.813. The number of aryl methyl sites for hydroxylation is 1. The smallest absolute Gasteiger partial charge is 0.258 e. The molecule has 84 valence electrons. The van der Waals surface area contributed by atoms with Crippen molar-refractivity contribution in [1.82, 2.24) is 0 Å². The standard InChI is InChI=1S/C8H5ClN2O4S/c1-5-2-6(4-10)8(11(12)13)7(3-5)16(9,14)15/h2-3H,1H3. The van der Waals surface area contributed by atoms with E-state index in [0.29, 0.717) is 5.56 Å². The maximum atomic E-state index is 11.1. The fourth-order valence-electron chi connectivity index (χ4n) is 1.20. The molecular weight excluding hydrogens is 256 g/mol. The summed E-state index contributed by atoms with van der Waals surface area (Å²) < 4.78 is 22.3. The topological polar surface area (TPSA) is 101 Å². The van der Waals surface area contributed by atoms with Crippen LogP contribution in [0.25, 0.3) is 0 Å². The molecular formula is C8H5ClN2O4S. The average molecular weight is 261 g/mol. The van der Waals surface area contributed by atoms with Crippen molar-refractivity contribution in [3.63, 3.8) is 0 Å². The van der Waals surface area contributed by atoms with E-state index in [0.717, 1.165) is 6.07 Å². The summed E-state index contributed by atoms with van der Waals surface area (Å²) in [6.07, 6.45) is 0. The van der Waals surface area contributed by atoms with Gasteiger partial charge < -0.3 is 0 Å². The molecule has 0 heterocycles. The fourth-order valence-corrected chi connectivity index (χ4v) is 2.30. The molecule has 0 fully saturated rings. The third-order valence-electron chi connectivity index (χ3n) is 1.78. The Labute approximate surface area is 95.6 Å². The number of nitrogens with zero attached hydrogens (tertiary/aromatic N) is 2. The molecule has 0 unspecified atom stereocenters. The van der Waals surface area contributed by atoms with E-state index in [1.165, 1.54) is 13.0 Å². The third kappa shape index (κ3) is 2.29. The summed E-state index contributed by atoms with van der Waals surface area (Å²) >= 11 is 0. The van der Waals surface area contributed by atoms with E-state index in [1.54, 1.807) is 6.07 Å². The van der Waals surface area contributed by atoms with Gasteiger partial charge in [-0.15, -0.1) is 0 Å². The maximum absolute atomic E-state index is 11.1. The van der Waals surface area contributed by atoms with Gasteiger partial charge in [0.25, 0.3) is 9.05 Å². The van der Waals surface area contributed by atoms with Crippen LogP contribution >= 0.6 is 10.7 Å². The van der Waals surface area contributed by atoms with Crippen LogP contribution < -0.4 is 0 Å². The first-order valence-electron chi connectivity index (χ1n) is 3.91. The molecule has 16 heavy (non-hydrogen) atoms. The van der Waals surface area contributed by atoms with Gasteiger partial charge in [-0.2, -0.15) is 5.26 Å². The van der Waals surface area contributed by atoms with Gasteiger partial charge in [0, 0.05) is 10.7 Å². The summed E-state index contributed by atoms with van der Waals surface area (Å²) in [5.74, 6) is 0. The molecule has 0 radical (unpaired) electrons. The normalized spacial score (nSPS) is 10.8. The third-order valence-corrected chi connectivity index (χ3v) is 3.12. The molecule has 1 aromatic rings. The van der Waals surface area contributed by atoms with Gasteiger partial charge in [-0.05, 0) is 24.6 Å². The van der Waals surface area contributed by atoms with Gasteiger partial charge in [0.1, 0.15) is 11.6 Å². The van der Waals surface area contributed by atoms with Crippen LogP contribution in [0.4, 0.5) is 5.69 Å². The van der Waals surface area contributed by atoms with Crippen molar-refractivity contribution in [1.29, 1.82) is 5.26 Å². The molecule has 0 aliphatic heterocycles. The molecule has 1 aromatic carbocycles. The van der Waals surface area contributed by atoms with Gasteiger partial charge in [0.2, 0.25) is 0 Å². The van der Waals surface area contributed by atoms with E-state index in [1.807, 2.05) is 0 Å². The van der Waals surface area contributed by atoms with Crippen molar-refractivity contribution in [3.8, 4) is 6.07 Å². The lowest BCUT2D eigenvalue weighted by atomic mass is 10.1. The Kier molecular flexibility index (Phi) is 3.16. The molecule has 1 rings (SSSR count). The average Bonchev–Trinajstić information content (AvgIpc) is 2.14. The number of benzene rings is 1. The Morgan fingerprint density at radius 1 is 1.50 bits per heavy atom. The predicted octanol–water partition coefficient (Wildman–Crippen LogP) is 1.70. The quantitative estimate of drug-likeness (QED) is 0.457. The van der Waals surface area contributed by atoms with Gasteiger partial charge in [-0.3, -0.25) is 10.1 Å². The summed E-state index contributed by atoms with van der Waals surface area (Å²) in [5.41, 5.74) is -0.714. The lowest BCUT2D eigenvalue weighted by Gasteiger charge is -2.02. The SMILES string of the molecule is Cc1cc(C#N)c([N+](=O)[O-])c(S(=O)(=O)Cl)c1. The van der Waals surface area contributed by atoms with E-state index in [2.05, 4.69) is 0 Å². The van der Waals surface area contributed by atoms with Crippen LogP contribution in [-0.4, -0.2) is 13.3 Å². The Hall–Kier alpha value is -1.65. The van der Waals surface area contributed by atoms with E-state index in [9.17, 15) is 18.5 Å². The molecule has 0 aliphatic carbocycles. The largest absolute Gasteiger partial charge is 0.306 e. The summed E-state index contributed by atoms with van der Waals surface area (Å²) in [6, 6.07) is 3.85. The molecule has 0 N–H and O–H groups in total. The minimum absolute atomic E-state index is 0.329. The molecule has 0 amide bonds.